The van der Waals surface area contributed by atoms with E-state index in [1.807, 2.05) is 11.0 Å². The summed E-state index contributed by atoms with van der Waals surface area (Å²) < 4.78 is 0. The Labute approximate surface area is 184 Å². The van der Waals surface area contributed by atoms with Crippen LogP contribution < -0.4 is 10.2 Å². The van der Waals surface area contributed by atoms with Crippen LogP contribution in [0.5, 0.6) is 0 Å². The minimum Gasteiger partial charge on any atom is -0.347 e. The van der Waals surface area contributed by atoms with E-state index in [0.29, 0.717) is 11.8 Å². The van der Waals surface area contributed by atoms with Crippen LogP contribution in [0.1, 0.15) is 44.1 Å². The van der Waals surface area contributed by atoms with Crippen molar-refractivity contribution in [3.05, 3.63) is 35.9 Å². The van der Waals surface area contributed by atoms with Crippen LogP contribution in [-0.2, 0) is 16.1 Å². The largest absolute Gasteiger partial charge is 0.347 e. The fourth-order valence-electron chi connectivity index (χ4n) is 7.01. The minimum atomic E-state index is -0.329. The summed E-state index contributed by atoms with van der Waals surface area (Å²) in [7, 11) is 0. The Morgan fingerprint density at radius 3 is 2.37 bits per heavy atom. The van der Waals surface area contributed by atoms with Crippen LogP contribution in [0.3, 0.4) is 0 Å². The van der Waals surface area contributed by atoms with E-state index in [0.717, 1.165) is 64.8 Å². The van der Waals surface area contributed by atoms with E-state index in [1.54, 1.807) is 0 Å². The van der Waals surface area contributed by atoms with Crippen molar-refractivity contribution >= 4 is 23.4 Å². The first-order valence-electron chi connectivity index (χ1n) is 11.6. The number of hydrogen-bond acceptors (Lipinski definition) is 2. The van der Waals surface area contributed by atoms with Crippen molar-refractivity contribution < 1.29 is 14.5 Å². The van der Waals surface area contributed by atoms with E-state index in [9.17, 15) is 9.59 Å². The van der Waals surface area contributed by atoms with Gasteiger partial charge in [-0.3, -0.25) is 9.59 Å². The van der Waals surface area contributed by atoms with Crippen molar-refractivity contribution in [3.63, 3.8) is 0 Å². The molecule has 2 unspecified atom stereocenters. The molecule has 30 heavy (non-hydrogen) atoms. The van der Waals surface area contributed by atoms with Gasteiger partial charge in [0.25, 0.3) is 0 Å². The summed E-state index contributed by atoms with van der Waals surface area (Å²) in [6, 6.07) is 10.5. The molecule has 6 heteroatoms. The number of piperazine rings is 1. The van der Waals surface area contributed by atoms with Crippen LogP contribution in [0, 0.1) is 17.3 Å². The smallest absolute Gasteiger partial charge is 0.242 e. The predicted molar refractivity (Wildman–Crippen MR) is 116 cm³/mol. The van der Waals surface area contributed by atoms with E-state index in [2.05, 4.69) is 29.6 Å². The highest BCUT2D eigenvalue weighted by atomic mass is 35.5. The number of halogens is 1. The molecule has 1 saturated heterocycles. The minimum absolute atomic E-state index is 0.0485. The number of nitrogens with one attached hydrogen (secondary N) is 2. The topological polar surface area (TPSA) is 53.9 Å². The van der Waals surface area contributed by atoms with Crippen molar-refractivity contribution in [3.8, 4) is 0 Å². The SMILES string of the molecule is O=C(CNC(=O)C12C[C@@H]3C[C@@H](CC(Cl)(C3)C1)C2)N1CC[NH+](Cc2ccccc2)CC1. The molecule has 4 saturated carbocycles. The van der Waals surface area contributed by atoms with E-state index in [-0.39, 0.29) is 28.6 Å². The third-order valence-corrected chi connectivity index (χ3v) is 8.43. The Hall–Kier alpha value is -1.59. The lowest BCUT2D eigenvalue weighted by Crippen LogP contribution is -3.13. The molecule has 0 spiro atoms. The molecule has 1 heterocycles. The molecule has 1 aliphatic heterocycles. The summed E-state index contributed by atoms with van der Waals surface area (Å²) in [5, 5.41) is 3.01. The summed E-state index contributed by atoms with van der Waals surface area (Å²) >= 11 is 6.86. The molecule has 4 bridgehead atoms. The van der Waals surface area contributed by atoms with Crippen molar-refractivity contribution in [2.75, 3.05) is 32.7 Å². The Balaban J connectivity index is 1.11. The Morgan fingerprint density at radius 1 is 1.07 bits per heavy atom. The Kier molecular flexibility index (Phi) is 5.30. The second-order valence-corrected chi connectivity index (χ2v) is 11.2. The molecule has 5 nitrogen and oxygen atoms in total. The predicted octanol–water partition coefficient (Wildman–Crippen LogP) is 1.61. The molecule has 0 aromatic heterocycles. The second kappa shape index (κ2) is 7.83. The highest BCUT2D eigenvalue weighted by Crippen LogP contribution is 2.63. The standard InChI is InChI=1S/C24H32ClN3O2/c25-24-13-19-10-20(14-24)12-23(11-19,17-24)22(30)26-15-21(29)28-8-6-27(7-9-28)16-18-4-2-1-3-5-18/h1-5,19-20H,6-17H2,(H,26,30)/p+1/t19-,20+,23?,24?. The first-order chi connectivity index (χ1) is 14.4. The summed E-state index contributed by atoms with van der Waals surface area (Å²) in [6.45, 7) is 4.56. The number of quaternary nitrogens is 1. The van der Waals surface area contributed by atoms with E-state index >= 15 is 0 Å². The number of amides is 2. The molecule has 2 N–H and O–H groups in total. The van der Waals surface area contributed by atoms with Crippen LogP contribution in [0.2, 0.25) is 0 Å². The zero-order valence-corrected chi connectivity index (χ0v) is 18.4. The summed E-state index contributed by atoms with van der Waals surface area (Å²) in [4.78, 5) is 29.1. The third kappa shape index (κ3) is 3.99. The maximum atomic E-state index is 13.1. The third-order valence-electron chi connectivity index (χ3n) is 7.99. The molecule has 2 amide bonds. The lowest BCUT2D eigenvalue weighted by molar-refractivity contribution is -0.917. The number of alkyl halides is 1. The Bertz CT molecular complexity index is 792. The molecular weight excluding hydrogens is 398 g/mol. The average molecular weight is 431 g/mol. The normalized spacial score (nSPS) is 35.4. The highest BCUT2D eigenvalue weighted by Gasteiger charge is 2.60. The number of carbonyl (C=O) groups is 2. The van der Waals surface area contributed by atoms with Gasteiger partial charge in [-0.1, -0.05) is 30.3 Å². The fraction of sp³-hybridized carbons (Fsp3) is 0.667. The molecule has 6 rings (SSSR count). The highest BCUT2D eigenvalue weighted by molar-refractivity contribution is 6.24. The molecule has 4 atom stereocenters. The number of carbonyl (C=O) groups excluding carboxylic acids is 2. The summed E-state index contributed by atoms with van der Waals surface area (Å²) in [6.07, 6.45) is 6.07. The Morgan fingerprint density at radius 2 is 1.73 bits per heavy atom. The van der Waals surface area contributed by atoms with Gasteiger partial charge >= 0.3 is 0 Å². The summed E-state index contributed by atoms with van der Waals surface area (Å²) in [5.41, 5.74) is 1.01. The molecule has 5 aliphatic rings. The van der Waals surface area contributed by atoms with Gasteiger partial charge in [-0.05, 0) is 50.4 Å². The van der Waals surface area contributed by atoms with Crippen LogP contribution in [0.4, 0.5) is 0 Å². The molecule has 0 radical (unpaired) electrons. The van der Waals surface area contributed by atoms with Crippen LogP contribution in [0.15, 0.2) is 30.3 Å². The molecule has 1 aromatic rings. The number of rotatable bonds is 5. The lowest BCUT2D eigenvalue weighted by Gasteiger charge is -2.59. The van der Waals surface area contributed by atoms with Crippen LogP contribution in [-0.4, -0.2) is 54.3 Å². The molecule has 4 aliphatic carbocycles. The van der Waals surface area contributed by atoms with Gasteiger partial charge in [-0.25, -0.2) is 0 Å². The maximum absolute atomic E-state index is 13.1. The van der Waals surface area contributed by atoms with Crippen LogP contribution in [0.25, 0.3) is 0 Å². The quantitative estimate of drug-likeness (QED) is 0.697. The van der Waals surface area contributed by atoms with E-state index < -0.39 is 0 Å². The van der Waals surface area contributed by atoms with Crippen LogP contribution >= 0.6 is 11.6 Å². The van der Waals surface area contributed by atoms with Crippen molar-refractivity contribution in [1.82, 2.24) is 10.2 Å². The van der Waals surface area contributed by atoms with E-state index in [1.165, 1.54) is 16.9 Å². The zero-order chi connectivity index (χ0) is 20.8. The fourth-order valence-corrected chi connectivity index (χ4v) is 7.70. The first-order valence-corrected chi connectivity index (χ1v) is 11.9. The van der Waals surface area contributed by atoms with Gasteiger partial charge in [0.05, 0.1) is 38.1 Å². The van der Waals surface area contributed by atoms with Gasteiger partial charge in [0.15, 0.2) is 0 Å². The number of benzene rings is 1. The molecule has 162 valence electrons. The van der Waals surface area contributed by atoms with Gasteiger partial charge in [0.2, 0.25) is 11.8 Å². The average Bonchev–Trinajstić information content (AvgIpc) is 2.71. The summed E-state index contributed by atoms with van der Waals surface area (Å²) in [5.74, 6) is 1.30. The lowest BCUT2D eigenvalue weighted by atomic mass is 9.49. The van der Waals surface area contributed by atoms with E-state index in [4.69, 9.17) is 11.6 Å². The van der Waals surface area contributed by atoms with Gasteiger partial charge in [0, 0.05) is 10.4 Å². The number of hydrogen-bond donors (Lipinski definition) is 2. The molecule has 5 fully saturated rings. The first kappa shape index (κ1) is 20.3. The maximum Gasteiger partial charge on any atom is 0.242 e. The van der Waals surface area contributed by atoms with Gasteiger partial charge in [-0.2, -0.15) is 0 Å². The number of nitrogens with zero attached hydrogens (tertiary/aromatic N) is 1. The van der Waals surface area contributed by atoms with Crippen molar-refractivity contribution in [2.24, 2.45) is 17.3 Å². The zero-order valence-electron chi connectivity index (χ0n) is 17.7. The van der Waals surface area contributed by atoms with Crippen molar-refractivity contribution in [1.29, 1.82) is 0 Å². The van der Waals surface area contributed by atoms with Gasteiger partial charge in [-0.15, -0.1) is 11.6 Å². The monoisotopic (exact) mass is 430 g/mol. The van der Waals surface area contributed by atoms with Gasteiger partial charge in [0.1, 0.15) is 6.54 Å². The molecular formula is C24H33ClN3O2+. The van der Waals surface area contributed by atoms with Crippen molar-refractivity contribution in [2.45, 2.75) is 49.9 Å². The van der Waals surface area contributed by atoms with Gasteiger partial charge < -0.3 is 15.1 Å². The second-order valence-electron chi connectivity index (χ2n) is 10.4. The molecule has 1 aromatic carbocycles.